The number of anilines is 1. The summed E-state index contributed by atoms with van der Waals surface area (Å²) in [7, 11) is 0. The van der Waals surface area contributed by atoms with E-state index in [9.17, 15) is 9.18 Å². The van der Waals surface area contributed by atoms with Crippen molar-refractivity contribution in [1.82, 2.24) is 20.6 Å². The number of carbonyl (C=O) groups excluding carboxylic acids is 1. The van der Waals surface area contributed by atoms with Gasteiger partial charge >= 0.3 is 5.97 Å². The van der Waals surface area contributed by atoms with Gasteiger partial charge in [0.15, 0.2) is 0 Å². The van der Waals surface area contributed by atoms with Crippen LogP contribution in [0.25, 0.3) is 5.57 Å². The molecule has 0 saturated carbocycles. The number of carbonyl (C=O) groups is 1. The van der Waals surface area contributed by atoms with Gasteiger partial charge in [0, 0.05) is 10.7 Å². The number of nitriles is 1. The molecule has 1 heterocycles. The van der Waals surface area contributed by atoms with Gasteiger partial charge in [-0.3, -0.25) is 0 Å². The summed E-state index contributed by atoms with van der Waals surface area (Å²) in [6.45, 7) is 1.85. The molecule has 2 N–H and O–H groups in total. The molecule has 1 aromatic carbocycles. The summed E-state index contributed by atoms with van der Waals surface area (Å²) in [5, 5.41) is 24.5. The smallest absolute Gasteiger partial charge is 0.338 e. The number of ether oxygens (including phenoxy) is 1. The number of nitrogens with zero attached hydrogens (tertiary/aromatic N) is 4. The normalized spacial score (nSPS) is 11.0. The highest BCUT2D eigenvalue weighted by Crippen LogP contribution is 2.28. The lowest BCUT2D eigenvalue weighted by Crippen LogP contribution is -2.06. The minimum absolute atomic E-state index is 0.0503. The van der Waals surface area contributed by atoms with Crippen molar-refractivity contribution in [2.75, 3.05) is 11.9 Å². The summed E-state index contributed by atoms with van der Waals surface area (Å²) in [6.07, 6.45) is 1.23. The van der Waals surface area contributed by atoms with Gasteiger partial charge < -0.3 is 10.1 Å². The number of benzene rings is 1. The van der Waals surface area contributed by atoms with Gasteiger partial charge in [-0.25, -0.2) is 9.18 Å². The number of aromatic amines is 1. The van der Waals surface area contributed by atoms with Crippen LogP contribution in [-0.2, 0) is 4.74 Å². The molecule has 2 aromatic rings. The number of esters is 1. The maximum atomic E-state index is 14.1. The molecular formula is C13H10BrFN6O2. The van der Waals surface area contributed by atoms with Gasteiger partial charge in [0.05, 0.1) is 17.9 Å². The highest BCUT2D eigenvalue weighted by atomic mass is 79.9. The lowest BCUT2D eigenvalue weighted by molar-refractivity contribution is 0.0526. The summed E-state index contributed by atoms with van der Waals surface area (Å²) < 4.78 is 19.3. The molecule has 0 radical (unpaired) electrons. The molecule has 0 saturated heterocycles. The minimum Gasteiger partial charge on any atom is -0.462 e. The van der Waals surface area contributed by atoms with Crippen LogP contribution in [-0.4, -0.2) is 33.2 Å². The van der Waals surface area contributed by atoms with E-state index in [0.29, 0.717) is 4.47 Å². The van der Waals surface area contributed by atoms with Crippen molar-refractivity contribution in [3.8, 4) is 6.07 Å². The van der Waals surface area contributed by atoms with Crippen molar-refractivity contribution in [2.24, 2.45) is 0 Å². The molecule has 118 valence electrons. The van der Waals surface area contributed by atoms with Gasteiger partial charge in [0.25, 0.3) is 0 Å². The predicted octanol–water partition coefficient (Wildman–Crippen LogP) is 2.25. The summed E-state index contributed by atoms with van der Waals surface area (Å²) in [6, 6.07) is 4.32. The van der Waals surface area contributed by atoms with Gasteiger partial charge in [-0.1, -0.05) is 0 Å². The number of H-pyrrole nitrogens is 1. The first-order valence-corrected chi connectivity index (χ1v) is 7.13. The SMILES string of the molecule is CCOC(=O)c1cc(F)c(NC=C(C#N)c2nn[nH]n2)c(Br)c1. The number of tetrazole rings is 1. The molecule has 0 aliphatic carbocycles. The molecule has 8 nitrogen and oxygen atoms in total. The van der Waals surface area contributed by atoms with E-state index < -0.39 is 11.8 Å². The molecule has 0 amide bonds. The summed E-state index contributed by atoms with van der Waals surface area (Å²) in [5.74, 6) is -1.25. The number of hydrogen-bond acceptors (Lipinski definition) is 7. The van der Waals surface area contributed by atoms with Gasteiger partial charge in [0.1, 0.15) is 17.5 Å². The van der Waals surface area contributed by atoms with Crippen molar-refractivity contribution < 1.29 is 13.9 Å². The molecule has 0 fully saturated rings. The molecule has 0 aliphatic heterocycles. The average molecular weight is 381 g/mol. The fraction of sp³-hybridized carbons (Fsp3) is 0.154. The number of rotatable bonds is 5. The van der Waals surface area contributed by atoms with E-state index in [0.717, 1.165) is 6.07 Å². The minimum atomic E-state index is -0.691. The standard InChI is InChI=1S/C13H10BrFN6O2/c1-2-23-13(22)7-3-9(14)11(10(15)4-7)17-6-8(5-16)12-18-20-21-19-12/h3-4,6,17H,2H2,1H3,(H,18,19,20,21). The van der Waals surface area contributed by atoms with Crippen LogP contribution in [0.3, 0.4) is 0 Å². The van der Waals surface area contributed by atoms with Crippen LogP contribution >= 0.6 is 15.9 Å². The molecule has 0 aliphatic rings. The van der Waals surface area contributed by atoms with Gasteiger partial charge in [0.2, 0.25) is 5.82 Å². The van der Waals surface area contributed by atoms with Crippen molar-refractivity contribution >= 4 is 33.2 Å². The highest BCUT2D eigenvalue weighted by molar-refractivity contribution is 9.10. The van der Waals surface area contributed by atoms with Crippen LogP contribution in [0, 0.1) is 17.1 Å². The molecule has 0 atom stereocenters. The first-order chi connectivity index (χ1) is 11.1. The second kappa shape index (κ2) is 7.46. The second-order valence-corrected chi connectivity index (χ2v) is 4.94. The van der Waals surface area contributed by atoms with Crippen molar-refractivity contribution in [1.29, 1.82) is 5.26 Å². The van der Waals surface area contributed by atoms with Crippen molar-refractivity contribution in [2.45, 2.75) is 6.92 Å². The lowest BCUT2D eigenvalue weighted by atomic mass is 10.2. The van der Waals surface area contributed by atoms with E-state index in [1.807, 2.05) is 6.07 Å². The average Bonchev–Trinajstić information content (AvgIpc) is 3.04. The fourth-order valence-corrected chi connectivity index (χ4v) is 2.16. The van der Waals surface area contributed by atoms with Gasteiger partial charge in [-0.15, -0.1) is 10.2 Å². The molecule has 0 spiro atoms. The number of halogens is 2. The van der Waals surface area contributed by atoms with Crippen LogP contribution in [0.4, 0.5) is 10.1 Å². The number of allylic oxidation sites excluding steroid dienone is 1. The molecule has 0 bridgehead atoms. The van der Waals surface area contributed by atoms with Crippen molar-refractivity contribution in [3.63, 3.8) is 0 Å². The third-order valence-electron chi connectivity index (χ3n) is 2.62. The maximum Gasteiger partial charge on any atom is 0.338 e. The lowest BCUT2D eigenvalue weighted by Gasteiger charge is -2.09. The van der Waals surface area contributed by atoms with Crippen LogP contribution in [0.15, 0.2) is 22.8 Å². The Bertz CT molecular complexity index is 761. The first kappa shape index (κ1) is 16.6. The van der Waals surface area contributed by atoms with Gasteiger partial charge in [-0.2, -0.15) is 10.5 Å². The number of aromatic nitrogens is 4. The van der Waals surface area contributed by atoms with E-state index in [1.54, 1.807) is 6.92 Å². The summed E-state index contributed by atoms with van der Waals surface area (Å²) in [4.78, 5) is 11.6. The molecule has 1 aromatic heterocycles. The Morgan fingerprint density at radius 1 is 1.61 bits per heavy atom. The fourth-order valence-electron chi connectivity index (χ4n) is 1.61. The van der Waals surface area contributed by atoms with E-state index in [4.69, 9.17) is 10.00 Å². The number of hydrogen-bond donors (Lipinski definition) is 2. The van der Waals surface area contributed by atoms with E-state index in [-0.39, 0.29) is 29.3 Å². The zero-order valence-corrected chi connectivity index (χ0v) is 13.4. The Kier molecular flexibility index (Phi) is 5.37. The maximum absolute atomic E-state index is 14.1. The van der Waals surface area contributed by atoms with Crippen LogP contribution in [0.2, 0.25) is 0 Å². The van der Waals surface area contributed by atoms with Crippen LogP contribution in [0.1, 0.15) is 23.1 Å². The number of nitrogens with one attached hydrogen (secondary N) is 2. The third kappa shape index (κ3) is 3.89. The van der Waals surface area contributed by atoms with Gasteiger partial charge in [-0.05, 0) is 40.2 Å². The Balaban J connectivity index is 2.27. The predicted molar refractivity (Wildman–Crippen MR) is 81.4 cm³/mol. The van der Waals surface area contributed by atoms with Crippen LogP contribution in [0.5, 0.6) is 0 Å². The molecule has 0 unspecified atom stereocenters. The third-order valence-corrected chi connectivity index (χ3v) is 3.25. The molecule has 10 heteroatoms. The largest absolute Gasteiger partial charge is 0.462 e. The topological polar surface area (TPSA) is 117 Å². The Morgan fingerprint density at radius 2 is 2.39 bits per heavy atom. The Labute approximate surface area is 138 Å². The zero-order chi connectivity index (χ0) is 16.8. The second-order valence-electron chi connectivity index (χ2n) is 4.08. The van der Waals surface area contributed by atoms with Crippen molar-refractivity contribution in [3.05, 3.63) is 40.0 Å². The van der Waals surface area contributed by atoms with E-state index in [1.165, 1.54) is 12.3 Å². The first-order valence-electron chi connectivity index (χ1n) is 6.33. The highest BCUT2D eigenvalue weighted by Gasteiger charge is 2.15. The quantitative estimate of drug-likeness (QED) is 0.603. The molecular weight excluding hydrogens is 371 g/mol. The monoisotopic (exact) mass is 380 g/mol. The Hall–Kier alpha value is -2.80. The summed E-state index contributed by atoms with van der Waals surface area (Å²) >= 11 is 3.17. The molecule has 23 heavy (non-hydrogen) atoms. The Morgan fingerprint density at radius 3 is 2.96 bits per heavy atom. The molecule has 2 rings (SSSR count). The summed E-state index contributed by atoms with van der Waals surface area (Å²) in [5.41, 5.74) is 0.179. The van der Waals surface area contributed by atoms with E-state index in [2.05, 4.69) is 41.9 Å². The van der Waals surface area contributed by atoms with E-state index >= 15 is 0 Å². The van der Waals surface area contributed by atoms with Crippen LogP contribution < -0.4 is 5.32 Å². The zero-order valence-electron chi connectivity index (χ0n) is 11.8.